The molecule has 0 aliphatic carbocycles. The Hall–Kier alpha value is -3.35. The highest BCUT2D eigenvalue weighted by atomic mass is 32.2. The number of benzene rings is 3. The van der Waals surface area contributed by atoms with Crippen LogP contribution in [0.25, 0.3) is 0 Å². The first kappa shape index (κ1) is 24.8. The maximum atomic E-state index is 13.0. The number of aliphatic hydroxyl groups excluding tert-OH is 1. The average molecular weight is 488 g/mol. The smallest absolute Gasteiger partial charge is 0.325 e. The fourth-order valence-corrected chi connectivity index (χ4v) is 6.46. The average Bonchev–Trinajstić information content (AvgIpc) is 2.92. The van der Waals surface area contributed by atoms with Crippen LogP contribution in [-0.4, -0.2) is 47.0 Å². The molecule has 1 saturated heterocycles. The van der Waals surface area contributed by atoms with Gasteiger partial charge in [0.2, 0.25) is 5.91 Å². The molecular weight excluding hydrogens is 458 g/mol. The molecule has 0 radical (unpaired) electrons. The molecule has 180 valence electrons. The van der Waals surface area contributed by atoms with Crippen molar-refractivity contribution >= 4 is 23.6 Å². The molecule has 0 bridgehead atoms. The van der Waals surface area contributed by atoms with E-state index in [0.717, 1.165) is 16.7 Å². The minimum Gasteiger partial charge on any atom is -0.460 e. The summed E-state index contributed by atoms with van der Waals surface area (Å²) >= 11 is 1.63. The van der Waals surface area contributed by atoms with E-state index in [2.05, 4.69) is 43.0 Å². The molecule has 0 aromatic heterocycles. The Balaban J connectivity index is 1.82. The first-order valence-corrected chi connectivity index (χ1v) is 12.5. The number of amides is 1. The van der Waals surface area contributed by atoms with E-state index in [1.807, 2.05) is 54.6 Å². The molecule has 0 spiro atoms. The van der Waals surface area contributed by atoms with Crippen LogP contribution < -0.4 is 0 Å². The van der Waals surface area contributed by atoms with Crippen molar-refractivity contribution in [2.75, 3.05) is 19.8 Å². The predicted octanol–water partition coefficient (Wildman–Crippen LogP) is 4.61. The van der Waals surface area contributed by atoms with E-state index in [4.69, 9.17) is 4.74 Å². The van der Waals surface area contributed by atoms with Crippen molar-refractivity contribution < 1.29 is 19.4 Å². The second-order valence-corrected chi connectivity index (χ2v) is 9.68. The van der Waals surface area contributed by atoms with Crippen LogP contribution in [0.5, 0.6) is 0 Å². The monoisotopic (exact) mass is 487 g/mol. The summed E-state index contributed by atoms with van der Waals surface area (Å²) in [6.07, 6.45) is 1.84. The Bertz CT molecular complexity index is 1040. The Morgan fingerprint density at radius 1 is 0.943 bits per heavy atom. The van der Waals surface area contributed by atoms with E-state index in [9.17, 15) is 14.7 Å². The molecule has 1 amide bonds. The van der Waals surface area contributed by atoms with E-state index < -0.39 is 16.6 Å². The molecule has 1 fully saturated rings. The fourth-order valence-electron chi connectivity index (χ4n) is 4.55. The lowest BCUT2D eigenvalue weighted by atomic mass is 9.84. The molecule has 1 aliphatic heterocycles. The second-order valence-electron chi connectivity index (χ2n) is 8.34. The van der Waals surface area contributed by atoms with Gasteiger partial charge in [0.15, 0.2) is 0 Å². The highest BCUT2D eigenvalue weighted by Gasteiger charge is 2.52. The van der Waals surface area contributed by atoms with E-state index in [0.29, 0.717) is 6.42 Å². The molecule has 35 heavy (non-hydrogen) atoms. The molecule has 1 N–H and O–H groups in total. The SMILES string of the molecule is C=CCOC(=O)CN1C(=O)[C@@H](CCO)[C@H]1SC(c1ccccc1)(c1ccccc1)c1ccccc1. The molecule has 2 atom stereocenters. The molecule has 3 aromatic rings. The predicted molar refractivity (Wildman–Crippen MR) is 139 cm³/mol. The third-order valence-electron chi connectivity index (χ3n) is 6.19. The Morgan fingerprint density at radius 3 is 1.86 bits per heavy atom. The first-order chi connectivity index (χ1) is 17.1. The van der Waals surface area contributed by atoms with Crippen LogP contribution in [0.1, 0.15) is 23.1 Å². The highest BCUT2D eigenvalue weighted by Crippen LogP contribution is 2.54. The summed E-state index contributed by atoms with van der Waals surface area (Å²) in [5.41, 5.74) is 3.20. The molecule has 4 rings (SSSR count). The van der Waals surface area contributed by atoms with Crippen molar-refractivity contribution in [3.63, 3.8) is 0 Å². The number of thioether (sulfide) groups is 1. The number of carbonyl (C=O) groups excluding carboxylic acids is 2. The van der Waals surface area contributed by atoms with Gasteiger partial charge in [-0.05, 0) is 23.1 Å². The lowest BCUT2D eigenvalue weighted by molar-refractivity contribution is -0.160. The summed E-state index contributed by atoms with van der Waals surface area (Å²) in [7, 11) is 0. The molecule has 1 heterocycles. The largest absolute Gasteiger partial charge is 0.460 e. The van der Waals surface area contributed by atoms with Gasteiger partial charge in [-0.2, -0.15) is 0 Å². The quantitative estimate of drug-likeness (QED) is 0.185. The van der Waals surface area contributed by atoms with Crippen LogP contribution in [-0.2, 0) is 19.1 Å². The number of rotatable bonds is 11. The van der Waals surface area contributed by atoms with Crippen LogP contribution in [0.3, 0.4) is 0 Å². The fraction of sp³-hybridized carbons (Fsp3) is 0.241. The summed E-state index contributed by atoms with van der Waals surface area (Å²) in [5, 5.41) is 9.36. The van der Waals surface area contributed by atoms with Crippen LogP contribution in [0, 0.1) is 5.92 Å². The van der Waals surface area contributed by atoms with Crippen molar-refractivity contribution in [3.8, 4) is 0 Å². The van der Waals surface area contributed by atoms with Crippen LogP contribution in [0.15, 0.2) is 104 Å². The topological polar surface area (TPSA) is 66.8 Å². The zero-order valence-corrected chi connectivity index (χ0v) is 20.3. The van der Waals surface area contributed by atoms with E-state index >= 15 is 0 Å². The molecule has 1 aliphatic rings. The van der Waals surface area contributed by atoms with Gasteiger partial charge in [-0.3, -0.25) is 9.59 Å². The van der Waals surface area contributed by atoms with Crippen molar-refractivity contribution in [3.05, 3.63) is 120 Å². The van der Waals surface area contributed by atoms with Crippen molar-refractivity contribution in [2.45, 2.75) is 16.5 Å². The summed E-state index contributed by atoms with van der Waals surface area (Å²) in [4.78, 5) is 27.0. The van der Waals surface area contributed by atoms with Gasteiger partial charge >= 0.3 is 5.97 Å². The zero-order chi connectivity index (χ0) is 24.7. The summed E-state index contributed by atoms with van der Waals surface area (Å²) < 4.78 is 4.52. The highest BCUT2D eigenvalue weighted by molar-refractivity contribution is 8.01. The standard InChI is InChI=1S/C29H29NO4S/c1-2-20-34-26(32)21-30-27(33)25(18-19-31)28(30)35-29(22-12-6-3-7-13-22,23-14-8-4-9-15-23)24-16-10-5-11-17-24/h2-17,25,28,31H,1,18-21H2/t25-,28-/m1/s1. The van der Waals surface area contributed by atoms with Crippen molar-refractivity contribution in [1.29, 1.82) is 0 Å². The lowest BCUT2D eigenvalue weighted by Crippen LogP contribution is -2.62. The molecule has 6 heteroatoms. The third-order valence-corrected chi connectivity index (χ3v) is 8.08. The number of carbonyl (C=O) groups is 2. The van der Waals surface area contributed by atoms with Gasteiger partial charge in [0.05, 0.1) is 16.0 Å². The van der Waals surface area contributed by atoms with Crippen LogP contribution in [0.2, 0.25) is 0 Å². The maximum Gasteiger partial charge on any atom is 0.325 e. The lowest BCUT2D eigenvalue weighted by Gasteiger charge is -2.50. The zero-order valence-electron chi connectivity index (χ0n) is 19.5. The van der Waals surface area contributed by atoms with Gasteiger partial charge in [0.25, 0.3) is 0 Å². The van der Waals surface area contributed by atoms with Gasteiger partial charge in [0, 0.05) is 6.61 Å². The van der Waals surface area contributed by atoms with E-state index in [1.165, 1.54) is 6.08 Å². The molecular formula is C29H29NO4S. The number of esters is 1. The van der Waals surface area contributed by atoms with E-state index in [-0.39, 0.29) is 31.0 Å². The van der Waals surface area contributed by atoms with Gasteiger partial charge in [-0.1, -0.05) is 104 Å². The molecule has 0 unspecified atom stereocenters. The number of aliphatic hydroxyl groups is 1. The third kappa shape index (κ3) is 5.04. The van der Waals surface area contributed by atoms with Crippen LogP contribution >= 0.6 is 11.8 Å². The Labute approximate surface area is 210 Å². The Morgan fingerprint density at radius 2 is 1.43 bits per heavy atom. The van der Waals surface area contributed by atoms with Crippen molar-refractivity contribution in [2.24, 2.45) is 5.92 Å². The number of hydrogen-bond acceptors (Lipinski definition) is 5. The summed E-state index contributed by atoms with van der Waals surface area (Å²) in [6.45, 7) is 3.43. The van der Waals surface area contributed by atoms with Gasteiger partial charge in [0.1, 0.15) is 13.2 Å². The minimum atomic E-state index is -0.647. The number of ether oxygens (including phenoxy) is 1. The van der Waals surface area contributed by atoms with Crippen molar-refractivity contribution in [1.82, 2.24) is 4.90 Å². The summed E-state index contributed by atoms with van der Waals surface area (Å²) in [6, 6.07) is 30.6. The number of nitrogens with zero attached hydrogens (tertiary/aromatic N) is 1. The van der Waals surface area contributed by atoms with Gasteiger partial charge in [-0.15, -0.1) is 11.8 Å². The second kappa shape index (κ2) is 11.4. The molecule has 5 nitrogen and oxygen atoms in total. The number of β-lactam (4-membered cyclic amide) rings is 1. The first-order valence-electron chi connectivity index (χ1n) is 11.6. The minimum absolute atomic E-state index is 0.0979. The number of hydrogen-bond donors (Lipinski definition) is 1. The normalized spacial score (nSPS) is 17.5. The molecule has 0 saturated carbocycles. The van der Waals surface area contributed by atoms with E-state index in [1.54, 1.807) is 16.7 Å². The van der Waals surface area contributed by atoms with Crippen LogP contribution in [0.4, 0.5) is 0 Å². The van der Waals surface area contributed by atoms with Gasteiger partial charge in [-0.25, -0.2) is 0 Å². The van der Waals surface area contributed by atoms with Gasteiger partial charge < -0.3 is 14.7 Å². The summed E-state index contributed by atoms with van der Waals surface area (Å²) in [5.74, 6) is -1.01. The molecule has 3 aromatic carbocycles. The maximum absolute atomic E-state index is 13.0. The number of likely N-dealkylation sites (tertiary alicyclic amines) is 1. The Kier molecular flexibility index (Phi) is 8.06.